The van der Waals surface area contributed by atoms with E-state index < -0.39 is 0 Å². The Morgan fingerprint density at radius 1 is 1.00 bits per heavy atom. The molecule has 2 rings (SSSR count). The maximum atomic E-state index is 5.47. The smallest absolute Gasteiger partial charge is 0.102 e. The summed E-state index contributed by atoms with van der Waals surface area (Å²) in [5.41, 5.74) is 0. The fourth-order valence-corrected chi connectivity index (χ4v) is 3.41. The van der Waals surface area contributed by atoms with Gasteiger partial charge in [-0.2, -0.15) is 0 Å². The topological polar surface area (TPSA) is 9.23 Å². The second kappa shape index (κ2) is 5.50. The minimum atomic E-state index is 0.973. The van der Waals surface area contributed by atoms with Crippen LogP contribution >= 0.6 is 0 Å². The average Bonchev–Trinajstić information content (AvgIpc) is 2.30. The SMILES string of the molecule is CCC1CCC(C[N+]2(C)CCOCC2)CC1. The van der Waals surface area contributed by atoms with E-state index in [9.17, 15) is 0 Å². The van der Waals surface area contributed by atoms with Crippen molar-refractivity contribution in [1.82, 2.24) is 0 Å². The first-order valence-corrected chi connectivity index (χ1v) is 7.13. The summed E-state index contributed by atoms with van der Waals surface area (Å²) in [5, 5.41) is 0. The van der Waals surface area contributed by atoms with Crippen LogP contribution in [0.2, 0.25) is 0 Å². The molecular formula is C14H28NO+. The molecule has 2 nitrogen and oxygen atoms in total. The Labute approximate surface area is 101 Å². The molecule has 0 aromatic heterocycles. The van der Waals surface area contributed by atoms with Crippen molar-refractivity contribution >= 4 is 0 Å². The zero-order valence-corrected chi connectivity index (χ0v) is 11.1. The Balaban J connectivity index is 1.77. The van der Waals surface area contributed by atoms with E-state index in [1.165, 1.54) is 56.2 Å². The van der Waals surface area contributed by atoms with E-state index in [1.54, 1.807) is 0 Å². The molecule has 2 aliphatic rings. The highest BCUT2D eigenvalue weighted by Gasteiger charge is 2.31. The van der Waals surface area contributed by atoms with Gasteiger partial charge in [-0.3, -0.25) is 0 Å². The maximum absolute atomic E-state index is 5.47. The van der Waals surface area contributed by atoms with Crippen molar-refractivity contribution < 1.29 is 9.22 Å². The van der Waals surface area contributed by atoms with Gasteiger partial charge >= 0.3 is 0 Å². The van der Waals surface area contributed by atoms with E-state index in [4.69, 9.17) is 4.74 Å². The third-order valence-corrected chi connectivity index (χ3v) is 4.79. The molecule has 2 heteroatoms. The normalized spacial score (nSPS) is 34.9. The van der Waals surface area contributed by atoms with Gasteiger partial charge in [-0.1, -0.05) is 13.3 Å². The zero-order chi connectivity index (χ0) is 11.4. The second-order valence-corrected chi connectivity index (χ2v) is 6.16. The quantitative estimate of drug-likeness (QED) is 0.672. The van der Waals surface area contributed by atoms with Gasteiger partial charge in [-0.15, -0.1) is 0 Å². The molecule has 0 aromatic rings. The lowest BCUT2D eigenvalue weighted by Crippen LogP contribution is -2.54. The summed E-state index contributed by atoms with van der Waals surface area (Å²) in [5.74, 6) is 2.03. The summed E-state index contributed by atoms with van der Waals surface area (Å²) in [6.07, 6.45) is 7.32. The van der Waals surface area contributed by atoms with Crippen LogP contribution in [-0.2, 0) is 4.74 Å². The first-order chi connectivity index (χ1) is 7.72. The van der Waals surface area contributed by atoms with Crippen LogP contribution in [-0.4, -0.2) is 44.4 Å². The van der Waals surface area contributed by atoms with Crippen LogP contribution in [0.15, 0.2) is 0 Å². The Hall–Kier alpha value is -0.0800. The number of quaternary nitrogens is 1. The predicted molar refractivity (Wildman–Crippen MR) is 67.3 cm³/mol. The van der Waals surface area contributed by atoms with Crippen molar-refractivity contribution in [2.75, 3.05) is 39.9 Å². The fraction of sp³-hybridized carbons (Fsp3) is 1.00. The minimum absolute atomic E-state index is 0.973. The summed E-state index contributed by atoms with van der Waals surface area (Å²) in [7, 11) is 2.43. The van der Waals surface area contributed by atoms with Crippen LogP contribution in [0, 0.1) is 11.8 Å². The fourth-order valence-electron chi connectivity index (χ4n) is 3.41. The van der Waals surface area contributed by atoms with E-state index >= 15 is 0 Å². The third-order valence-electron chi connectivity index (χ3n) is 4.79. The van der Waals surface area contributed by atoms with Gasteiger partial charge in [0.25, 0.3) is 0 Å². The molecule has 0 amide bonds. The highest BCUT2D eigenvalue weighted by molar-refractivity contribution is 4.72. The van der Waals surface area contributed by atoms with Crippen molar-refractivity contribution in [3.63, 3.8) is 0 Å². The van der Waals surface area contributed by atoms with E-state index in [2.05, 4.69) is 14.0 Å². The number of likely N-dealkylation sites (N-methyl/N-ethyl adjacent to an activating group) is 1. The highest BCUT2D eigenvalue weighted by atomic mass is 16.5. The molecule has 1 heterocycles. The molecule has 0 bridgehead atoms. The first kappa shape index (κ1) is 12.4. The molecule has 0 radical (unpaired) electrons. The largest absolute Gasteiger partial charge is 0.370 e. The van der Waals surface area contributed by atoms with Crippen molar-refractivity contribution in [1.29, 1.82) is 0 Å². The van der Waals surface area contributed by atoms with Gasteiger partial charge in [0.15, 0.2) is 0 Å². The molecule has 0 unspecified atom stereocenters. The Morgan fingerprint density at radius 3 is 2.12 bits per heavy atom. The van der Waals surface area contributed by atoms with Crippen LogP contribution in [0.1, 0.15) is 39.0 Å². The molecule has 0 N–H and O–H groups in total. The van der Waals surface area contributed by atoms with Crippen molar-refractivity contribution in [3.05, 3.63) is 0 Å². The van der Waals surface area contributed by atoms with Gasteiger partial charge in [0.2, 0.25) is 0 Å². The molecule has 1 aliphatic heterocycles. The van der Waals surface area contributed by atoms with E-state index in [1.807, 2.05) is 0 Å². The molecular weight excluding hydrogens is 198 g/mol. The number of morpholine rings is 1. The minimum Gasteiger partial charge on any atom is -0.370 e. The number of hydrogen-bond donors (Lipinski definition) is 0. The van der Waals surface area contributed by atoms with Crippen molar-refractivity contribution in [3.8, 4) is 0 Å². The standard InChI is InChI=1S/C14H28NO/c1-3-13-4-6-14(7-5-13)12-15(2)8-10-16-11-9-15/h13-14H,3-12H2,1-2H3/q+1. The van der Waals surface area contributed by atoms with Gasteiger partial charge in [0.05, 0.1) is 26.8 Å². The van der Waals surface area contributed by atoms with Gasteiger partial charge < -0.3 is 9.22 Å². The molecule has 16 heavy (non-hydrogen) atoms. The summed E-state index contributed by atoms with van der Waals surface area (Å²) < 4.78 is 6.74. The first-order valence-electron chi connectivity index (χ1n) is 7.13. The summed E-state index contributed by atoms with van der Waals surface area (Å²) in [6, 6.07) is 0. The molecule has 1 saturated heterocycles. The Bertz CT molecular complexity index is 203. The van der Waals surface area contributed by atoms with Crippen molar-refractivity contribution in [2.45, 2.75) is 39.0 Å². The summed E-state index contributed by atoms with van der Waals surface area (Å²) in [4.78, 5) is 0. The highest BCUT2D eigenvalue weighted by Crippen LogP contribution is 2.32. The number of rotatable bonds is 3. The van der Waals surface area contributed by atoms with Crippen LogP contribution in [0.25, 0.3) is 0 Å². The van der Waals surface area contributed by atoms with E-state index in [0.717, 1.165) is 25.0 Å². The van der Waals surface area contributed by atoms with Gasteiger partial charge in [-0.25, -0.2) is 0 Å². The number of hydrogen-bond acceptors (Lipinski definition) is 1. The predicted octanol–water partition coefficient (Wildman–Crippen LogP) is 2.68. The number of nitrogens with zero attached hydrogens (tertiary/aromatic N) is 1. The van der Waals surface area contributed by atoms with E-state index in [0.29, 0.717) is 0 Å². The lowest BCUT2D eigenvalue weighted by atomic mass is 9.80. The second-order valence-electron chi connectivity index (χ2n) is 6.16. The molecule has 1 aliphatic carbocycles. The molecule has 1 saturated carbocycles. The lowest BCUT2D eigenvalue weighted by molar-refractivity contribution is -0.920. The maximum Gasteiger partial charge on any atom is 0.102 e. The molecule has 0 atom stereocenters. The van der Waals surface area contributed by atoms with E-state index in [-0.39, 0.29) is 0 Å². The Morgan fingerprint density at radius 2 is 1.56 bits per heavy atom. The third kappa shape index (κ3) is 3.21. The summed E-state index contributed by atoms with van der Waals surface area (Å²) >= 11 is 0. The van der Waals surface area contributed by atoms with Gasteiger partial charge in [0.1, 0.15) is 13.1 Å². The number of ether oxygens (including phenoxy) is 1. The van der Waals surface area contributed by atoms with Gasteiger partial charge in [-0.05, 0) is 31.6 Å². The van der Waals surface area contributed by atoms with Crippen LogP contribution in [0.4, 0.5) is 0 Å². The molecule has 0 aromatic carbocycles. The lowest BCUT2D eigenvalue weighted by Gasteiger charge is -2.41. The van der Waals surface area contributed by atoms with Crippen LogP contribution < -0.4 is 0 Å². The van der Waals surface area contributed by atoms with Gasteiger partial charge in [0, 0.05) is 5.92 Å². The Kier molecular flexibility index (Phi) is 4.26. The molecule has 2 fully saturated rings. The van der Waals surface area contributed by atoms with Crippen LogP contribution in [0.5, 0.6) is 0 Å². The molecule has 94 valence electrons. The summed E-state index contributed by atoms with van der Waals surface area (Å²) in [6.45, 7) is 8.16. The van der Waals surface area contributed by atoms with Crippen LogP contribution in [0.3, 0.4) is 0 Å². The monoisotopic (exact) mass is 226 g/mol. The average molecular weight is 226 g/mol. The zero-order valence-electron chi connectivity index (χ0n) is 11.1. The molecule has 0 spiro atoms. The van der Waals surface area contributed by atoms with Crippen molar-refractivity contribution in [2.24, 2.45) is 11.8 Å².